The Kier molecular flexibility index (Phi) is 7.06. The van der Waals surface area contributed by atoms with Crippen molar-refractivity contribution in [1.82, 2.24) is 4.89 Å². The molecule has 1 heterocycles. The van der Waals surface area contributed by atoms with Crippen LogP contribution in [0.5, 0.6) is 0 Å². The maximum Gasteiger partial charge on any atom is 0.0630 e. The fourth-order valence-corrected chi connectivity index (χ4v) is 4.92. The van der Waals surface area contributed by atoms with E-state index in [1.54, 1.807) is 0 Å². The Labute approximate surface area is 141 Å². The molecule has 1 saturated carbocycles. The smallest absolute Gasteiger partial charge is 0.0630 e. The van der Waals surface area contributed by atoms with Gasteiger partial charge in [-0.05, 0) is 82.5 Å². The Morgan fingerprint density at radius 3 is 2.73 bits per heavy atom. The van der Waals surface area contributed by atoms with Crippen molar-refractivity contribution < 1.29 is 9.94 Å². The maximum absolute atomic E-state index is 8.63. The molecular weight excluding hydrogens is 294 g/mol. The minimum absolute atomic E-state index is 0.105. The first-order valence-corrected chi connectivity index (χ1v) is 10.1. The monoisotopic (exact) mass is 329 g/mol. The second kappa shape index (κ2) is 8.36. The molecule has 1 aliphatic heterocycles. The van der Waals surface area contributed by atoms with Crippen LogP contribution in [0.2, 0.25) is 0 Å². The van der Waals surface area contributed by atoms with Crippen molar-refractivity contribution in [3.63, 3.8) is 0 Å². The van der Waals surface area contributed by atoms with Gasteiger partial charge in [0.15, 0.2) is 0 Å². The lowest BCUT2D eigenvalue weighted by atomic mass is 9.71. The fourth-order valence-electron chi connectivity index (χ4n) is 4.34. The van der Waals surface area contributed by atoms with Crippen molar-refractivity contribution in [3.8, 4) is 0 Å². The van der Waals surface area contributed by atoms with Crippen LogP contribution in [0.25, 0.3) is 0 Å². The number of rotatable bonds is 7. The second-order valence-electron chi connectivity index (χ2n) is 8.31. The number of nitrogens with one attached hydrogen (secondary N) is 1. The van der Waals surface area contributed by atoms with Gasteiger partial charge < -0.3 is 9.94 Å². The first kappa shape index (κ1) is 18.6. The van der Waals surface area contributed by atoms with Gasteiger partial charge in [-0.2, -0.15) is 0 Å². The summed E-state index contributed by atoms with van der Waals surface area (Å²) < 4.78 is 6.31. The van der Waals surface area contributed by atoms with Crippen molar-refractivity contribution >= 4 is 11.9 Å². The summed E-state index contributed by atoms with van der Waals surface area (Å²) in [7, 11) is 0. The highest BCUT2D eigenvalue weighted by atomic mass is 32.2. The maximum atomic E-state index is 8.63. The van der Waals surface area contributed by atoms with Gasteiger partial charge in [0.1, 0.15) is 0 Å². The summed E-state index contributed by atoms with van der Waals surface area (Å²) in [6.07, 6.45) is 9.64. The first-order valence-electron chi connectivity index (χ1n) is 9.10. The summed E-state index contributed by atoms with van der Waals surface area (Å²) in [5.74, 6) is 4.21. The average Bonchev–Trinajstić information content (AvgIpc) is 2.47. The predicted octanol–water partition coefficient (Wildman–Crippen LogP) is 5.04. The minimum Gasteiger partial charge on any atom is -0.372 e. The van der Waals surface area contributed by atoms with Gasteiger partial charge in [-0.15, -0.1) is 4.89 Å². The van der Waals surface area contributed by atoms with Crippen molar-refractivity contribution in [2.24, 2.45) is 23.7 Å². The number of fused-ring (bicyclic) bond motifs is 1. The zero-order valence-electron chi connectivity index (χ0n) is 14.8. The molecule has 22 heavy (non-hydrogen) atoms. The molecule has 130 valence electrons. The van der Waals surface area contributed by atoms with E-state index >= 15 is 0 Å². The van der Waals surface area contributed by atoms with Crippen LogP contribution in [-0.2, 0) is 4.74 Å². The Balaban J connectivity index is 1.74. The molecule has 2 fully saturated rings. The Morgan fingerprint density at radius 1 is 1.23 bits per heavy atom. The van der Waals surface area contributed by atoms with E-state index in [1.165, 1.54) is 56.9 Å². The molecule has 0 aromatic rings. The van der Waals surface area contributed by atoms with E-state index < -0.39 is 0 Å². The third-order valence-corrected chi connectivity index (χ3v) is 6.59. The summed E-state index contributed by atoms with van der Waals surface area (Å²) in [4.78, 5) is 2.18. The highest BCUT2D eigenvalue weighted by Crippen LogP contribution is 2.43. The highest BCUT2D eigenvalue weighted by Gasteiger charge is 2.39. The van der Waals surface area contributed by atoms with Crippen molar-refractivity contribution in [1.29, 1.82) is 0 Å². The molecule has 1 saturated heterocycles. The zero-order valence-corrected chi connectivity index (χ0v) is 15.6. The molecule has 0 bridgehead atoms. The van der Waals surface area contributed by atoms with Crippen LogP contribution in [-0.4, -0.2) is 22.7 Å². The van der Waals surface area contributed by atoms with Crippen molar-refractivity contribution in [3.05, 3.63) is 0 Å². The number of ether oxygens (including phenoxy) is 1. The predicted molar refractivity (Wildman–Crippen MR) is 94.0 cm³/mol. The van der Waals surface area contributed by atoms with Gasteiger partial charge in [-0.25, -0.2) is 0 Å². The van der Waals surface area contributed by atoms with Gasteiger partial charge in [0.2, 0.25) is 0 Å². The third kappa shape index (κ3) is 5.40. The van der Waals surface area contributed by atoms with Crippen LogP contribution in [0.15, 0.2) is 0 Å². The third-order valence-electron chi connectivity index (χ3n) is 6.03. The van der Waals surface area contributed by atoms with E-state index in [9.17, 15) is 0 Å². The first-order chi connectivity index (χ1) is 10.4. The van der Waals surface area contributed by atoms with Crippen molar-refractivity contribution in [2.45, 2.75) is 84.3 Å². The molecule has 5 atom stereocenters. The van der Waals surface area contributed by atoms with Crippen molar-refractivity contribution in [2.75, 3.05) is 5.75 Å². The van der Waals surface area contributed by atoms with Crippen LogP contribution < -0.4 is 4.89 Å². The van der Waals surface area contributed by atoms with Crippen LogP contribution in [0.3, 0.4) is 0 Å². The Hall–Kier alpha value is 0.230. The summed E-state index contributed by atoms with van der Waals surface area (Å²) in [5.41, 5.74) is 0.105. The molecule has 3 nitrogen and oxygen atoms in total. The molecule has 2 rings (SSSR count). The molecule has 1 aliphatic carbocycles. The van der Waals surface area contributed by atoms with E-state index in [-0.39, 0.29) is 5.60 Å². The molecule has 0 amide bonds. The zero-order chi connectivity index (χ0) is 16.2. The summed E-state index contributed by atoms with van der Waals surface area (Å²) in [5, 5.41) is 8.63. The van der Waals surface area contributed by atoms with E-state index in [0.717, 1.165) is 29.4 Å². The number of hydrogen-bond acceptors (Lipinski definition) is 4. The summed E-state index contributed by atoms with van der Waals surface area (Å²) in [6.45, 7) is 9.27. The molecule has 0 spiro atoms. The second-order valence-corrected chi connectivity index (χ2v) is 9.19. The average molecular weight is 330 g/mol. The summed E-state index contributed by atoms with van der Waals surface area (Å²) in [6, 6.07) is 0. The highest BCUT2D eigenvalue weighted by molar-refractivity contribution is 7.97. The van der Waals surface area contributed by atoms with E-state index in [4.69, 9.17) is 9.94 Å². The standard InChI is InChI=1S/C18H35NO2S/c1-13(8-10-22-19-20)14(2)11-15-5-6-17-16(12-15)7-9-18(3,4)21-17/h13-17,19-20H,5-12H2,1-4H3. The van der Waals surface area contributed by atoms with Gasteiger partial charge in [-0.3, -0.25) is 0 Å². The Bertz CT molecular complexity index is 337. The van der Waals surface area contributed by atoms with Crippen LogP contribution in [0.1, 0.15) is 72.6 Å². The largest absolute Gasteiger partial charge is 0.372 e. The molecule has 2 aliphatic rings. The lowest BCUT2D eigenvalue weighted by molar-refractivity contribution is -0.152. The van der Waals surface area contributed by atoms with E-state index in [1.807, 2.05) is 0 Å². The topological polar surface area (TPSA) is 41.5 Å². The number of hydrogen-bond donors (Lipinski definition) is 2. The van der Waals surface area contributed by atoms with Gasteiger partial charge in [0.05, 0.1) is 11.7 Å². The molecule has 0 aromatic carbocycles. The minimum atomic E-state index is 0.105. The fraction of sp³-hybridized carbons (Fsp3) is 1.00. The molecule has 0 radical (unpaired) electrons. The molecular formula is C18H35NO2S. The Morgan fingerprint density at radius 2 is 2.00 bits per heavy atom. The van der Waals surface area contributed by atoms with Gasteiger partial charge in [0, 0.05) is 5.75 Å². The van der Waals surface area contributed by atoms with Gasteiger partial charge in [0.25, 0.3) is 0 Å². The lowest BCUT2D eigenvalue weighted by Crippen LogP contribution is -2.44. The lowest BCUT2D eigenvalue weighted by Gasteiger charge is -2.46. The quantitative estimate of drug-likeness (QED) is 0.390. The van der Waals surface area contributed by atoms with E-state index in [2.05, 4.69) is 32.6 Å². The normalized spacial score (nSPS) is 34.0. The SMILES string of the molecule is CC(CCSNO)C(C)CC1CCC2OC(C)(C)CCC2C1. The van der Waals surface area contributed by atoms with Crippen LogP contribution in [0, 0.1) is 23.7 Å². The van der Waals surface area contributed by atoms with Crippen LogP contribution in [0.4, 0.5) is 0 Å². The molecule has 4 heteroatoms. The molecule has 0 aromatic heterocycles. The van der Waals surface area contributed by atoms with Crippen LogP contribution >= 0.6 is 11.9 Å². The van der Waals surface area contributed by atoms with Gasteiger partial charge >= 0.3 is 0 Å². The van der Waals surface area contributed by atoms with E-state index in [0.29, 0.717) is 6.10 Å². The summed E-state index contributed by atoms with van der Waals surface area (Å²) >= 11 is 1.40. The molecule has 5 unspecified atom stereocenters. The molecule has 2 N–H and O–H groups in total. The van der Waals surface area contributed by atoms with Gasteiger partial charge in [-0.1, -0.05) is 25.8 Å².